The maximum atomic E-state index is 12.8. The Kier molecular flexibility index (Phi) is 5.16. The summed E-state index contributed by atoms with van der Waals surface area (Å²) in [6.45, 7) is 0. The summed E-state index contributed by atoms with van der Waals surface area (Å²) in [5.41, 5.74) is 0.851. The zero-order valence-corrected chi connectivity index (χ0v) is 12.6. The van der Waals surface area contributed by atoms with E-state index in [2.05, 4.69) is 5.32 Å². The lowest BCUT2D eigenvalue weighted by atomic mass is 10.1. The maximum absolute atomic E-state index is 12.8. The van der Waals surface area contributed by atoms with E-state index >= 15 is 0 Å². The van der Waals surface area contributed by atoms with Crippen LogP contribution in [0.5, 0.6) is 0 Å². The standard InChI is InChI=1S/C16H9Cl2FN2O/c17-14-6-1-10(8-15(14)18)7-11(9-20)16(22)21-13-4-2-12(19)3-5-13/h1-8H,(H,21,22). The first-order chi connectivity index (χ1) is 10.5. The van der Waals surface area contributed by atoms with Crippen molar-refractivity contribution in [2.24, 2.45) is 0 Å². The Hall–Kier alpha value is -2.35. The minimum Gasteiger partial charge on any atom is -0.321 e. The van der Waals surface area contributed by atoms with Gasteiger partial charge in [-0.15, -0.1) is 0 Å². The Morgan fingerprint density at radius 2 is 1.82 bits per heavy atom. The second-order valence-electron chi connectivity index (χ2n) is 4.30. The summed E-state index contributed by atoms with van der Waals surface area (Å²) in [5.74, 6) is -1.01. The minimum absolute atomic E-state index is 0.109. The van der Waals surface area contributed by atoms with Crippen molar-refractivity contribution in [3.63, 3.8) is 0 Å². The first-order valence-electron chi connectivity index (χ1n) is 6.13. The molecule has 0 unspecified atom stereocenters. The number of hydrogen-bond donors (Lipinski definition) is 1. The van der Waals surface area contributed by atoms with Gasteiger partial charge in [0.1, 0.15) is 17.5 Å². The van der Waals surface area contributed by atoms with Crippen LogP contribution in [-0.4, -0.2) is 5.91 Å². The zero-order valence-electron chi connectivity index (χ0n) is 11.1. The van der Waals surface area contributed by atoms with E-state index in [0.29, 0.717) is 21.3 Å². The molecule has 0 aromatic heterocycles. The minimum atomic E-state index is -0.597. The summed E-state index contributed by atoms with van der Waals surface area (Å²) in [5, 5.41) is 12.3. The Morgan fingerprint density at radius 3 is 2.41 bits per heavy atom. The van der Waals surface area contributed by atoms with Gasteiger partial charge in [0.2, 0.25) is 0 Å². The van der Waals surface area contributed by atoms with Crippen LogP contribution in [-0.2, 0) is 4.79 Å². The van der Waals surface area contributed by atoms with Crippen molar-refractivity contribution in [3.8, 4) is 6.07 Å². The van der Waals surface area contributed by atoms with Crippen molar-refractivity contribution < 1.29 is 9.18 Å². The number of rotatable bonds is 3. The Balaban J connectivity index is 2.21. The van der Waals surface area contributed by atoms with Crippen molar-refractivity contribution in [1.29, 1.82) is 5.26 Å². The highest BCUT2D eigenvalue weighted by molar-refractivity contribution is 6.42. The average Bonchev–Trinajstić information content (AvgIpc) is 2.50. The molecule has 110 valence electrons. The Morgan fingerprint density at radius 1 is 1.14 bits per heavy atom. The fraction of sp³-hybridized carbons (Fsp3) is 0. The molecule has 0 spiro atoms. The third-order valence-electron chi connectivity index (χ3n) is 2.72. The molecule has 0 saturated carbocycles. The van der Waals surface area contributed by atoms with Crippen molar-refractivity contribution in [3.05, 3.63) is 69.5 Å². The molecule has 2 rings (SSSR count). The fourth-order valence-electron chi connectivity index (χ4n) is 1.65. The predicted molar refractivity (Wildman–Crippen MR) is 85.1 cm³/mol. The van der Waals surface area contributed by atoms with Crippen LogP contribution < -0.4 is 5.32 Å². The van der Waals surface area contributed by atoms with Gasteiger partial charge in [0, 0.05) is 5.69 Å². The van der Waals surface area contributed by atoms with Crippen molar-refractivity contribution in [2.45, 2.75) is 0 Å². The number of nitrogens with one attached hydrogen (secondary N) is 1. The van der Waals surface area contributed by atoms with Crippen molar-refractivity contribution in [2.75, 3.05) is 5.32 Å². The monoisotopic (exact) mass is 334 g/mol. The summed E-state index contributed by atoms with van der Waals surface area (Å²) < 4.78 is 12.8. The molecular formula is C16H9Cl2FN2O. The van der Waals surface area contributed by atoms with Crippen LogP contribution in [0.4, 0.5) is 10.1 Å². The number of carbonyl (C=O) groups is 1. The van der Waals surface area contributed by atoms with Gasteiger partial charge in [-0.1, -0.05) is 29.3 Å². The predicted octanol–water partition coefficient (Wildman–Crippen LogP) is 4.68. The van der Waals surface area contributed by atoms with Gasteiger partial charge >= 0.3 is 0 Å². The molecule has 0 bridgehead atoms. The quantitative estimate of drug-likeness (QED) is 0.654. The number of benzene rings is 2. The lowest BCUT2D eigenvalue weighted by Crippen LogP contribution is -2.13. The molecule has 3 nitrogen and oxygen atoms in total. The van der Waals surface area contributed by atoms with Gasteiger partial charge in [0.15, 0.2) is 0 Å². The molecular weight excluding hydrogens is 326 g/mol. The first-order valence-corrected chi connectivity index (χ1v) is 6.89. The van der Waals surface area contributed by atoms with Crippen molar-refractivity contribution in [1.82, 2.24) is 0 Å². The van der Waals surface area contributed by atoms with E-state index in [1.165, 1.54) is 30.3 Å². The number of hydrogen-bond acceptors (Lipinski definition) is 2. The van der Waals surface area contributed by atoms with Gasteiger partial charge in [-0.2, -0.15) is 5.26 Å². The van der Waals surface area contributed by atoms with E-state index in [9.17, 15) is 9.18 Å². The SMILES string of the molecule is N#CC(=Cc1ccc(Cl)c(Cl)c1)C(=O)Nc1ccc(F)cc1. The second kappa shape index (κ2) is 7.08. The number of nitrogens with zero attached hydrogens (tertiary/aromatic N) is 1. The maximum Gasteiger partial charge on any atom is 0.266 e. The van der Waals surface area contributed by atoms with Gasteiger partial charge in [0.05, 0.1) is 10.0 Å². The Labute approximate surface area is 136 Å². The second-order valence-corrected chi connectivity index (χ2v) is 5.12. The largest absolute Gasteiger partial charge is 0.321 e. The molecule has 2 aromatic rings. The molecule has 0 saturated heterocycles. The van der Waals surface area contributed by atoms with Gasteiger partial charge in [-0.05, 0) is 48.0 Å². The third-order valence-corrected chi connectivity index (χ3v) is 3.46. The summed E-state index contributed by atoms with van der Waals surface area (Å²) >= 11 is 11.7. The van der Waals surface area contributed by atoms with E-state index in [0.717, 1.165) is 0 Å². The normalized spacial score (nSPS) is 10.9. The molecule has 0 radical (unpaired) electrons. The zero-order chi connectivity index (χ0) is 16.1. The lowest BCUT2D eigenvalue weighted by molar-refractivity contribution is -0.112. The number of halogens is 3. The van der Waals surface area contributed by atoms with E-state index in [-0.39, 0.29) is 5.57 Å². The number of nitriles is 1. The van der Waals surface area contributed by atoms with E-state index < -0.39 is 11.7 Å². The van der Waals surface area contributed by atoms with Crippen molar-refractivity contribution >= 4 is 40.9 Å². The molecule has 0 fully saturated rings. The van der Waals surface area contributed by atoms with E-state index in [1.54, 1.807) is 18.2 Å². The van der Waals surface area contributed by atoms with Gasteiger partial charge in [-0.25, -0.2) is 4.39 Å². The fourth-order valence-corrected chi connectivity index (χ4v) is 1.96. The number of anilines is 1. The third kappa shape index (κ3) is 4.08. The van der Waals surface area contributed by atoms with E-state index in [1.807, 2.05) is 6.07 Å². The summed E-state index contributed by atoms with van der Waals surface area (Å²) in [4.78, 5) is 12.0. The molecule has 22 heavy (non-hydrogen) atoms. The van der Waals surface area contributed by atoms with Gasteiger partial charge < -0.3 is 5.32 Å². The van der Waals surface area contributed by atoms with Crippen LogP contribution in [0.15, 0.2) is 48.0 Å². The summed E-state index contributed by atoms with van der Waals surface area (Å²) in [6.07, 6.45) is 1.39. The highest BCUT2D eigenvalue weighted by atomic mass is 35.5. The van der Waals surface area contributed by atoms with E-state index in [4.69, 9.17) is 28.5 Å². The molecule has 1 N–H and O–H groups in total. The first kappa shape index (κ1) is 16.0. The molecule has 0 heterocycles. The smallest absolute Gasteiger partial charge is 0.266 e. The average molecular weight is 335 g/mol. The molecule has 1 amide bonds. The van der Waals surface area contributed by atoms with Crippen LogP contribution in [0.25, 0.3) is 6.08 Å². The highest BCUT2D eigenvalue weighted by Crippen LogP contribution is 2.23. The Bertz CT molecular complexity index is 780. The molecule has 0 atom stereocenters. The van der Waals surface area contributed by atoms with Crippen LogP contribution in [0, 0.1) is 17.1 Å². The number of amides is 1. The van der Waals surface area contributed by atoms with Crippen LogP contribution in [0.3, 0.4) is 0 Å². The lowest BCUT2D eigenvalue weighted by Gasteiger charge is -2.04. The topological polar surface area (TPSA) is 52.9 Å². The number of carbonyl (C=O) groups excluding carboxylic acids is 1. The van der Waals surface area contributed by atoms with Gasteiger partial charge in [-0.3, -0.25) is 4.79 Å². The van der Waals surface area contributed by atoms with Gasteiger partial charge in [0.25, 0.3) is 5.91 Å². The highest BCUT2D eigenvalue weighted by Gasteiger charge is 2.10. The molecule has 0 aliphatic heterocycles. The molecule has 6 heteroatoms. The molecule has 0 aliphatic rings. The summed E-state index contributed by atoms with van der Waals surface area (Å²) in [6, 6.07) is 11.8. The van der Waals surface area contributed by atoms with Crippen LogP contribution in [0.2, 0.25) is 10.0 Å². The summed E-state index contributed by atoms with van der Waals surface area (Å²) in [7, 11) is 0. The van der Waals surface area contributed by atoms with Crippen LogP contribution >= 0.6 is 23.2 Å². The van der Waals surface area contributed by atoms with Crippen LogP contribution in [0.1, 0.15) is 5.56 Å². The molecule has 2 aromatic carbocycles. The molecule has 0 aliphatic carbocycles.